The minimum absolute atomic E-state index is 0.0489. The van der Waals surface area contributed by atoms with Gasteiger partial charge in [-0.2, -0.15) is 0 Å². The largest absolute Gasteiger partial charge is 0.461 e. The molecule has 1 aromatic rings. The van der Waals surface area contributed by atoms with Gasteiger partial charge in [-0.25, -0.2) is 0 Å². The predicted molar refractivity (Wildman–Crippen MR) is 90.6 cm³/mol. The Morgan fingerprint density at radius 3 is 2.67 bits per heavy atom. The Hall–Kier alpha value is -1.92. The number of nitrogens with two attached hydrogens (primary N) is 1. The number of hydrogen-bond donors (Lipinski definition) is 2. The van der Waals surface area contributed by atoms with Gasteiger partial charge in [0.15, 0.2) is 5.76 Å². The molecule has 0 spiro atoms. The van der Waals surface area contributed by atoms with Crippen molar-refractivity contribution < 1.29 is 18.7 Å². The first-order chi connectivity index (χ1) is 11.5. The number of nitrogens with one attached hydrogen (secondary N) is 1. The molecule has 0 saturated heterocycles. The van der Waals surface area contributed by atoms with E-state index in [1.807, 2.05) is 13.8 Å². The Balaban J connectivity index is 2.27. The number of carbonyl (C=O) groups is 2. The number of hydrogen-bond acceptors (Lipinski definition) is 5. The Bertz CT molecular complexity index is 590. The molecule has 3 atom stereocenters. The molecule has 0 saturated carbocycles. The lowest BCUT2D eigenvalue weighted by Crippen LogP contribution is -2.57. The zero-order valence-corrected chi connectivity index (χ0v) is 14.5. The van der Waals surface area contributed by atoms with Gasteiger partial charge >= 0.3 is 0 Å². The molecule has 0 aliphatic heterocycles. The molecule has 1 aliphatic rings. The van der Waals surface area contributed by atoms with E-state index in [2.05, 4.69) is 5.32 Å². The van der Waals surface area contributed by atoms with Crippen LogP contribution in [0.4, 0.5) is 0 Å². The SMILES string of the molecule is CCC(CC)O[C@@H]1C=C(C(=O)c2ccco2)C[C@H](N)[C@H]1NC(C)=O. The summed E-state index contributed by atoms with van der Waals surface area (Å²) in [7, 11) is 0. The molecule has 3 N–H and O–H groups in total. The zero-order chi connectivity index (χ0) is 17.7. The van der Waals surface area contributed by atoms with Gasteiger partial charge in [0.1, 0.15) is 0 Å². The lowest BCUT2D eigenvalue weighted by molar-refractivity contribution is -0.121. The van der Waals surface area contributed by atoms with Crippen molar-refractivity contribution in [2.75, 3.05) is 0 Å². The van der Waals surface area contributed by atoms with Gasteiger partial charge in [0, 0.05) is 18.5 Å². The fraction of sp³-hybridized carbons (Fsp3) is 0.556. The first-order valence-electron chi connectivity index (χ1n) is 8.43. The molecule has 6 nitrogen and oxygen atoms in total. The average Bonchev–Trinajstić information content (AvgIpc) is 3.08. The van der Waals surface area contributed by atoms with Crippen LogP contribution in [-0.2, 0) is 9.53 Å². The molecule has 0 fully saturated rings. The first-order valence-corrected chi connectivity index (χ1v) is 8.43. The smallest absolute Gasteiger partial charge is 0.223 e. The number of ketones is 1. The van der Waals surface area contributed by atoms with Crippen molar-refractivity contribution in [3.63, 3.8) is 0 Å². The number of ether oxygens (including phenoxy) is 1. The Labute approximate surface area is 142 Å². The molecule has 1 aromatic heterocycles. The van der Waals surface area contributed by atoms with Crippen LogP contribution in [0, 0.1) is 0 Å². The summed E-state index contributed by atoms with van der Waals surface area (Å²) in [6, 6.07) is 2.56. The van der Waals surface area contributed by atoms with Crippen LogP contribution >= 0.6 is 0 Å². The van der Waals surface area contributed by atoms with Gasteiger partial charge in [-0.15, -0.1) is 0 Å². The molecule has 132 valence electrons. The Morgan fingerprint density at radius 1 is 1.42 bits per heavy atom. The summed E-state index contributed by atoms with van der Waals surface area (Å²) < 4.78 is 11.3. The standard InChI is InChI=1S/C18H26N2O4/c1-4-13(5-2)24-16-10-12(18(22)15-7-6-8-23-15)9-14(19)17(16)20-11(3)21/h6-8,10,13-14,16-17H,4-5,9,19H2,1-3H3,(H,20,21)/t14-,16+,17+/m0/s1. The molecule has 1 aliphatic carbocycles. The van der Waals surface area contributed by atoms with Crippen molar-refractivity contribution in [3.05, 3.63) is 35.8 Å². The van der Waals surface area contributed by atoms with Crippen LogP contribution in [0.3, 0.4) is 0 Å². The van der Waals surface area contributed by atoms with Crippen molar-refractivity contribution in [3.8, 4) is 0 Å². The van der Waals surface area contributed by atoms with E-state index in [0.717, 1.165) is 12.8 Å². The molecule has 0 radical (unpaired) electrons. The average molecular weight is 334 g/mol. The van der Waals surface area contributed by atoms with Crippen molar-refractivity contribution in [1.82, 2.24) is 5.32 Å². The molecule has 24 heavy (non-hydrogen) atoms. The number of furan rings is 1. The second kappa shape index (κ2) is 8.26. The quantitative estimate of drug-likeness (QED) is 0.746. The minimum Gasteiger partial charge on any atom is -0.461 e. The maximum absolute atomic E-state index is 12.5. The Morgan fingerprint density at radius 2 is 2.12 bits per heavy atom. The fourth-order valence-corrected chi connectivity index (χ4v) is 2.98. The third-order valence-corrected chi connectivity index (χ3v) is 4.30. The van der Waals surface area contributed by atoms with Gasteiger partial charge in [-0.1, -0.05) is 13.8 Å². The molecule has 0 bridgehead atoms. The van der Waals surface area contributed by atoms with E-state index < -0.39 is 12.1 Å². The van der Waals surface area contributed by atoms with Crippen LogP contribution < -0.4 is 11.1 Å². The molecule has 1 amide bonds. The monoisotopic (exact) mass is 334 g/mol. The third kappa shape index (κ3) is 4.33. The van der Waals surface area contributed by atoms with Gasteiger partial charge in [0.2, 0.25) is 11.7 Å². The third-order valence-electron chi connectivity index (χ3n) is 4.30. The van der Waals surface area contributed by atoms with Gasteiger partial charge in [-0.3, -0.25) is 9.59 Å². The molecular weight excluding hydrogens is 308 g/mol. The van der Waals surface area contributed by atoms with Gasteiger partial charge in [-0.05, 0) is 37.5 Å². The summed E-state index contributed by atoms with van der Waals surface area (Å²) in [6.07, 6.45) is 4.94. The molecular formula is C18H26N2O4. The number of Topliss-reactive ketones (excluding diaryl/α,β-unsaturated/α-hetero) is 1. The second-order valence-electron chi connectivity index (χ2n) is 6.13. The van der Waals surface area contributed by atoms with Crippen molar-refractivity contribution in [1.29, 1.82) is 0 Å². The lowest BCUT2D eigenvalue weighted by Gasteiger charge is -2.36. The Kier molecular flexibility index (Phi) is 6.34. The van der Waals surface area contributed by atoms with E-state index in [4.69, 9.17) is 14.9 Å². The fourth-order valence-electron chi connectivity index (χ4n) is 2.98. The van der Waals surface area contributed by atoms with Crippen molar-refractivity contribution >= 4 is 11.7 Å². The molecule has 6 heteroatoms. The summed E-state index contributed by atoms with van der Waals surface area (Å²) in [4.78, 5) is 24.1. The lowest BCUT2D eigenvalue weighted by atomic mass is 9.86. The maximum Gasteiger partial charge on any atom is 0.223 e. The minimum atomic E-state index is -0.434. The predicted octanol–water partition coefficient (Wildman–Crippen LogP) is 2.20. The van der Waals surface area contributed by atoms with Gasteiger partial charge in [0.05, 0.1) is 24.5 Å². The summed E-state index contributed by atoms with van der Waals surface area (Å²) in [5, 5.41) is 2.86. The van der Waals surface area contributed by atoms with E-state index in [9.17, 15) is 9.59 Å². The van der Waals surface area contributed by atoms with Crippen molar-refractivity contribution in [2.45, 2.75) is 64.3 Å². The summed E-state index contributed by atoms with van der Waals surface area (Å²) >= 11 is 0. The van der Waals surface area contributed by atoms with Crippen LogP contribution in [0.5, 0.6) is 0 Å². The highest BCUT2D eigenvalue weighted by Crippen LogP contribution is 2.25. The summed E-state index contributed by atoms with van der Waals surface area (Å²) in [6.45, 7) is 5.54. The highest BCUT2D eigenvalue weighted by Gasteiger charge is 2.36. The molecule has 0 aromatic carbocycles. The van der Waals surface area contributed by atoms with Crippen LogP contribution in [0.25, 0.3) is 0 Å². The van der Waals surface area contributed by atoms with Crippen LogP contribution in [0.2, 0.25) is 0 Å². The first kappa shape index (κ1) is 18.4. The van der Waals surface area contributed by atoms with E-state index in [1.165, 1.54) is 13.2 Å². The van der Waals surface area contributed by atoms with E-state index in [0.29, 0.717) is 12.0 Å². The highest BCUT2D eigenvalue weighted by molar-refractivity contribution is 6.07. The second-order valence-corrected chi connectivity index (χ2v) is 6.13. The topological polar surface area (TPSA) is 94.6 Å². The number of carbonyl (C=O) groups excluding carboxylic acids is 2. The molecule has 1 heterocycles. The summed E-state index contributed by atoms with van der Waals surface area (Å²) in [5.74, 6) is -0.0645. The van der Waals surface area contributed by atoms with Crippen LogP contribution in [0.1, 0.15) is 50.6 Å². The van der Waals surface area contributed by atoms with Gasteiger partial charge in [0.25, 0.3) is 0 Å². The van der Waals surface area contributed by atoms with Gasteiger partial charge < -0.3 is 20.2 Å². The van der Waals surface area contributed by atoms with E-state index in [1.54, 1.807) is 18.2 Å². The van der Waals surface area contributed by atoms with Crippen molar-refractivity contribution in [2.24, 2.45) is 5.73 Å². The zero-order valence-electron chi connectivity index (χ0n) is 14.5. The highest BCUT2D eigenvalue weighted by atomic mass is 16.5. The van der Waals surface area contributed by atoms with E-state index >= 15 is 0 Å². The number of rotatable bonds is 7. The van der Waals surface area contributed by atoms with Crippen LogP contribution in [0.15, 0.2) is 34.5 Å². The normalized spacial score (nSPS) is 23.9. The summed E-state index contributed by atoms with van der Waals surface area (Å²) in [5.41, 5.74) is 6.80. The van der Waals surface area contributed by atoms with Crippen LogP contribution in [-0.4, -0.2) is 36.0 Å². The maximum atomic E-state index is 12.5. The molecule has 2 rings (SSSR count). The van der Waals surface area contributed by atoms with E-state index in [-0.39, 0.29) is 29.6 Å². The number of amides is 1. The molecule has 0 unspecified atom stereocenters.